The Hall–Kier alpha value is -0.0800. The third kappa shape index (κ3) is 3.46. The lowest BCUT2D eigenvalue weighted by Gasteiger charge is -2.44. The van der Waals surface area contributed by atoms with Crippen LogP contribution in [0.5, 0.6) is 0 Å². The molecule has 0 spiro atoms. The predicted octanol–water partition coefficient (Wildman–Crippen LogP) is 2.88. The molecule has 0 radical (unpaired) electrons. The number of rotatable bonds is 5. The Labute approximate surface area is 102 Å². The first-order valence-corrected chi connectivity index (χ1v) is 7.09. The van der Waals surface area contributed by atoms with E-state index < -0.39 is 0 Å². The SMILES string of the molecule is CCCC1CN(C(C)C(C)CC)C(C)CN1. The first kappa shape index (κ1) is 14.0. The van der Waals surface area contributed by atoms with Gasteiger partial charge in [-0.3, -0.25) is 4.90 Å². The van der Waals surface area contributed by atoms with Crippen LogP contribution in [0.1, 0.15) is 53.9 Å². The lowest BCUT2D eigenvalue weighted by atomic mass is 9.95. The molecule has 2 nitrogen and oxygen atoms in total. The molecule has 0 saturated carbocycles. The lowest BCUT2D eigenvalue weighted by Crippen LogP contribution is -2.58. The molecule has 4 unspecified atom stereocenters. The predicted molar refractivity (Wildman–Crippen MR) is 71.8 cm³/mol. The van der Waals surface area contributed by atoms with Crippen LogP contribution in [0.3, 0.4) is 0 Å². The number of hydrogen-bond acceptors (Lipinski definition) is 2. The molecule has 1 aliphatic heterocycles. The lowest BCUT2D eigenvalue weighted by molar-refractivity contribution is 0.0689. The van der Waals surface area contributed by atoms with Crippen molar-refractivity contribution in [3.63, 3.8) is 0 Å². The number of hydrogen-bond donors (Lipinski definition) is 1. The second-order valence-electron chi connectivity index (χ2n) is 5.57. The molecule has 2 heteroatoms. The van der Waals surface area contributed by atoms with Gasteiger partial charge in [-0.15, -0.1) is 0 Å². The molecule has 1 rings (SSSR count). The highest BCUT2D eigenvalue weighted by molar-refractivity contribution is 4.87. The molecule has 1 saturated heterocycles. The normalized spacial score (nSPS) is 31.3. The van der Waals surface area contributed by atoms with E-state index in [0.29, 0.717) is 12.1 Å². The first-order valence-electron chi connectivity index (χ1n) is 7.09. The number of nitrogens with one attached hydrogen (secondary N) is 1. The van der Waals surface area contributed by atoms with Gasteiger partial charge in [-0.2, -0.15) is 0 Å². The van der Waals surface area contributed by atoms with Crippen LogP contribution >= 0.6 is 0 Å². The van der Waals surface area contributed by atoms with Gasteiger partial charge < -0.3 is 5.32 Å². The molecule has 1 aliphatic rings. The third-order valence-corrected chi connectivity index (χ3v) is 4.33. The topological polar surface area (TPSA) is 15.3 Å². The van der Waals surface area contributed by atoms with Crippen molar-refractivity contribution >= 4 is 0 Å². The average Bonchev–Trinajstić information content (AvgIpc) is 2.30. The quantitative estimate of drug-likeness (QED) is 0.775. The van der Waals surface area contributed by atoms with Gasteiger partial charge in [0, 0.05) is 31.2 Å². The second-order valence-corrected chi connectivity index (χ2v) is 5.57. The van der Waals surface area contributed by atoms with E-state index in [1.54, 1.807) is 0 Å². The standard InChI is InChI=1S/C14H30N2/c1-6-8-14-10-16(12(4)9-15-14)13(5)11(3)7-2/h11-15H,6-10H2,1-5H3. The van der Waals surface area contributed by atoms with E-state index in [9.17, 15) is 0 Å². The molecule has 0 amide bonds. The van der Waals surface area contributed by atoms with Gasteiger partial charge in [0.15, 0.2) is 0 Å². The summed E-state index contributed by atoms with van der Waals surface area (Å²) in [4.78, 5) is 2.71. The minimum Gasteiger partial charge on any atom is -0.311 e. The van der Waals surface area contributed by atoms with Crippen LogP contribution in [0.2, 0.25) is 0 Å². The van der Waals surface area contributed by atoms with Crippen LogP contribution in [-0.4, -0.2) is 36.1 Å². The van der Waals surface area contributed by atoms with Gasteiger partial charge in [0.05, 0.1) is 0 Å². The first-order chi connectivity index (χ1) is 7.60. The van der Waals surface area contributed by atoms with Gasteiger partial charge in [0.25, 0.3) is 0 Å². The Kier molecular flexibility index (Phi) is 5.77. The summed E-state index contributed by atoms with van der Waals surface area (Å²) >= 11 is 0. The van der Waals surface area contributed by atoms with Gasteiger partial charge in [-0.25, -0.2) is 0 Å². The van der Waals surface area contributed by atoms with E-state index >= 15 is 0 Å². The highest BCUT2D eigenvalue weighted by Crippen LogP contribution is 2.20. The zero-order valence-electron chi connectivity index (χ0n) is 11.8. The summed E-state index contributed by atoms with van der Waals surface area (Å²) in [5.74, 6) is 0.808. The number of piperazine rings is 1. The summed E-state index contributed by atoms with van der Waals surface area (Å²) in [6.07, 6.45) is 3.89. The highest BCUT2D eigenvalue weighted by Gasteiger charge is 2.29. The minimum absolute atomic E-state index is 0.692. The number of nitrogens with zero attached hydrogens (tertiary/aromatic N) is 1. The molecule has 1 fully saturated rings. The van der Waals surface area contributed by atoms with Gasteiger partial charge in [0.2, 0.25) is 0 Å². The van der Waals surface area contributed by atoms with Crippen LogP contribution in [0.4, 0.5) is 0 Å². The van der Waals surface area contributed by atoms with Crippen LogP contribution in [0, 0.1) is 5.92 Å². The fraction of sp³-hybridized carbons (Fsp3) is 1.00. The molecule has 1 N–H and O–H groups in total. The molecular weight excluding hydrogens is 196 g/mol. The molecule has 0 bridgehead atoms. The molecule has 0 aromatic carbocycles. The third-order valence-electron chi connectivity index (χ3n) is 4.33. The van der Waals surface area contributed by atoms with E-state index in [2.05, 4.69) is 44.8 Å². The van der Waals surface area contributed by atoms with E-state index in [4.69, 9.17) is 0 Å². The maximum Gasteiger partial charge on any atom is 0.0196 e. The van der Waals surface area contributed by atoms with Crippen molar-refractivity contribution in [2.45, 2.75) is 72.0 Å². The van der Waals surface area contributed by atoms with E-state index in [1.807, 2.05) is 0 Å². The van der Waals surface area contributed by atoms with Crippen LogP contribution < -0.4 is 5.32 Å². The van der Waals surface area contributed by atoms with Crippen LogP contribution in [0.15, 0.2) is 0 Å². The van der Waals surface area contributed by atoms with Gasteiger partial charge in [0.1, 0.15) is 0 Å². The van der Waals surface area contributed by atoms with E-state index in [-0.39, 0.29) is 0 Å². The summed E-state index contributed by atoms with van der Waals surface area (Å²) in [6, 6.07) is 2.13. The fourth-order valence-corrected chi connectivity index (χ4v) is 2.73. The second kappa shape index (κ2) is 6.61. The Morgan fingerprint density at radius 1 is 1.31 bits per heavy atom. The summed E-state index contributed by atoms with van der Waals surface area (Å²) in [5, 5.41) is 3.67. The molecule has 4 atom stereocenters. The molecule has 96 valence electrons. The maximum absolute atomic E-state index is 3.67. The van der Waals surface area contributed by atoms with E-state index in [1.165, 1.54) is 25.8 Å². The minimum atomic E-state index is 0.692. The van der Waals surface area contributed by atoms with Gasteiger partial charge in [-0.05, 0) is 26.2 Å². The van der Waals surface area contributed by atoms with Crippen molar-refractivity contribution in [3.05, 3.63) is 0 Å². The van der Waals surface area contributed by atoms with E-state index in [0.717, 1.165) is 18.5 Å². The molecule has 16 heavy (non-hydrogen) atoms. The molecule has 1 heterocycles. The monoisotopic (exact) mass is 226 g/mol. The molecule has 0 aromatic heterocycles. The zero-order chi connectivity index (χ0) is 12.1. The van der Waals surface area contributed by atoms with Crippen molar-refractivity contribution in [2.75, 3.05) is 13.1 Å². The zero-order valence-corrected chi connectivity index (χ0v) is 11.8. The van der Waals surface area contributed by atoms with Crippen LogP contribution in [-0.2, 0) is 0 Å². The average molecular weight is 226 g/mol. The Morgan fingerprint density at radius 2 is 2.00 bits per heavy atom. The Balaban J connectivity index is 2.54. The smallest absolute Gasteiger partial charge is 0.0196 e. The summed E-state index contributed by atoms with van der Waals surface area (Å²) in [7, 11) is 0. The van der Waals surface area contributed by atoms with Crippen molar-refractivity contribution in [2.24, 2.45) is 5.92 Å². The Morgan fingerprint density at radius 3 is 2.56 bits per heavy atom. The van der Waals surface area contributed by atoms with Crippen molar-refractivity contribution in [3.8, 4) is 0 Å². The fourth-order valence-electron chi connectivity index (χ4n) is 2.73. The summed E-state index contributed by atoms with van der Waals surface area (Å²) in [5.41, 5.74) is 0. The van der Waals surface area contributed by atoms with Crippen molar-refractivity contribution < 1.29 is 0 Å². The molecular formula is C14H30N2. The molecule has 0 aliphatic carbocycles. The van der Waals surface area contributed by atoms with Gasteiger partial charge in [-0.1, -0.05) is 33.6 Å². The summed E-state index contributed by atoms with van der Waals surface area (Å²) in [6.45, 7) is 14.1. The Bertz CT molecular complexity index is 193. The van der Waals surface area contributed by atoms with Crippen molar-refractivity contribution in [1.29, 1.82) is 0 Å². The highest BCUT2D eigenvalue weighted by atomic mass is 15.2. The van der Waals surface area contributed by atoms with Gasteiger partial charge >= 0.3 is 0 Å². The molecule has 0 aromatic rings. The largest absolute Gasteiger partial charge is 0.311 e. The van der Waals surface area contributed by atoms with Crippen molar-refractivity contribution in [1.82, 2.24) is 10.2 Å². The summed E-state index contributed by atoms with van der Waals surface area (Å²) < 4.78 is 0. The maximum atomic E-state index is 3.67. The van der Waals surface area contributed by atoms with Crippen LogP contribution in [0.25, 0.3) is 0 Å².